The number of carbonyl (C=O) groups is 1. The molecule has 0 unspecified atom stereocenters. The van der Waals surface area contributed by atoms with Crippen LogP contribution in [0.3, 0.4) is 0 Å². The lowest BCUT2D eigenvalue weighted by molar-refractivity contribution is -0.133. The molecule has 2 heterocycles. The third-order valence-electron chi connectivity index (χ3n) is 3.63. The maximum atomic E-state index is 11.9. The largest absolute Gasteiger partial charge is 0.342 e. The topological polar surface area (TPSA) is 59.2 Å². The fourth-order valence-electron chi connectivity index (χ4n) is 2.41. The number of likely N-dealkylation sites (tertiary alicyclic amines) is 1. The third kappa shape index (κ3) is 2.18. The Bertz CT molecular complexity index is 417. The second kappa shape index (κ2) is 4.13. The zero-order valence-corrected chi connectivity index (χ0v) is 10.1. The molecule has 2 fully saturated rings. The average molecular weight is 235 g/mol. The van der Waals surface area contributed by atoms with Crippen molar-refractivity contribution in [3.05, 3.63) is 11.7 Å². The fourth-order valence-corrected chi connectivity index (χ4v) is 2.41. The molecule has 2 aliphatic rings. The van der Waals surface area contributed by atoms with Crippen molar-refractivity contribution in [1.29, 1.82) is 0 Å². The summed E-state index contributed by atoms with van der Waals surface area (Å²) in [6.07, 6.45) is 4.06. The normalized spacial score (nSPS) is 21.8. The Hall–Kier alpha value is -1.39. The summed E-state index contributed by atoms with van der Waals surface area (Å²) in [5.74, 6) is 2.44. The second-order valence-corrected chi connectivity index (χ2v) is 5.05. The van der Waals surface area contributed by atoms with Crippen LogP contribution in [-0.4, -0.2) is 34.0 Å². The molecule has 0 atom stereocenters. The number of rotatable bonds is 2. The molecule has 1 aliphatic carbocycles. The molecule has 0 spiro atoms. The number of nitrogens with zero attached hydrogens (tertiary/aromatic N) is 3. The molecule has 5 nitrogen and oxygen atoms in total. The van der Waals surface area contributed by atoms with Crippen molar-refractivity contribution in [3.8, 4) is 0 Å². The van der Waals surface area contributed by atoms with Gasteiger partial charge < -0.3 is 9.42 Å². The van der Waals surface area contributed by atoms with Crippen molar-refractivity contribution < 1.29 is 9.32 Å². The quantitative estimate of drug-likeness (QED) is 0.779. The number of amides is 1. The van der Waals surface area contributed by atoms with E-state index in [-0.39, 0.29) is 0 Å². The Morgan fingerprint density at radius 1 is 1.29 bits per heavy atom. The van der Waals surface area contributed by atoms with Crippen LogP contribution in [0.25, 0.3) is 0 Å². The van der Waals surface area contributed by atoms with Crippen molar-refractivity contribution in [3.63, 3.8) is 0 Å². The highest BCUT2D eigenvalue weighted by molar-refractivity contribution is 5.81. The Labute approximate surface area is 100 Å². The van der Waals surface area contributed by atoms with Crippen LogP contribution < -0.4 is 0 Å². The maximum Gasteiger partial charge on any atom is 0.229 e. The predicted octanol–water partition coefficient (Wildman–Crippen LogP) is 1.49. The molecular formula is C12H17N3O2. The maximum absolute atomic E-state index is 11.9. The molecular weight excluding hydrogens is 218 g/mol. The summed E-state index contributed by atoms with van der Waals surface area (Å²) >= 11 is 0. The average Bonchev–Trinajstić information content (AvgIpc) is 3.11. The van der Waals surface area contributed by atoms with Gasteiger partial charge in [0.2, 0.25) is 11.8 Å². The Kier molecular flexibility index (Phi) is 2.61. The molecule has 1 aliphatic heterocycles. The van der Waals surface area contributed by atoms with Crippen LogP contribution in [0, 0.1) is 12.8 Å². The van der Waals surface area contributed by atoms with Gasteiger partial charge in [-0.2, -0.15) is 4.98 Å². The van der Waals surface area contributed by atoms with E-state index in [4.69, 9.17) is 4.52 Å². The van der Waals surface area contributed by atoms with Gasteiger partial charge in [-0.3, -0.25) is 4.79 Å². The molecule has 1 amide bonds. The zero-order chi connectivity index (χ0) is 11.8. The summed E-state index contributed by atoms with van der Waals surface area (Å²) in [4.78, 5) is 18.2. The Morgan fingerprint density at radius 3 is 2.53 bits per heavy atom. The summed E-state index contributed by atoms with van der Waals surface area (Å²) in [7, 11) is 0. The van der Waals surface area contributed by atoms with Crippen LogP contribution >= 0.6 is 0 Å². The number of aryl methyl sites for hydroxylation is 1. The monoisotopic (exact) mass is 235 g/mol. The number of aromatic nitrogens is 2. The minimum atomic E-state index is 0.331. The van der Waals surface area contributed by atoms with Gasteiger partial charge >= 0.3 is 0 Å². The first-order chi connectivity index (χ1) is 8.24. The molecule has 17 heavy (non-hydrogen) atoms. The van der Waals surface area contributed by atoms with Gasteiger partial charge in [0.1, 0.15) is 0 Å². The SMILES string of the molecule is Cc1noc(C2CCN(C(=O)C3CC3)CC2)n1. The number of carbonyl (C=O) groups excluding carboxylic acids is 1. The van der Waals surface area contributed by atoms with E-state index in [0.29, 0.717) is 23.6 Å². The first-order valence-corrected chi connectivity index (χ1v) is 6.33. The smallest absolute Gasteiger partial charge is 0.229 e. The highest BCUT2D eigenvalue weighted by atomic mass is 16.5. The van der Waals surface area contributed by atoms with Gasteiger partial charge in [-0.15, -0.1) is 0 Å². The molecule has 1 saturated heterocycles. The molecule has 5 heteroatoms. The summed E-state index contributed by atoms with van der Waals surface area (Å²) in [5, 5.41) is 3.82. The highest BCUT2D eigenvalue weighted by Crippen LogP contribution is 2.34. The van der Waals surface area contributed by atoms with Gasteiger partial charge in [0.05, 0.1) is 0 Å². The van der Waals surface area contributed by atoms with Crippen molar-refractivity contribution >= 4 is 5.91 Å². The van der Waals surface area contributed by atoms with Crippen LogP contribution in [0.2, 0.25) is 0 Å². The van der Waals surface area contributed by atoms with Crippen LogP contribution in [-0.2, 0) is 4.79 Å². The molecule has 0 aromatic carbocycles. The summed E-state index contributed by atoms with van der Waals surface area (Å²) in [6, 6.07) is 0. The first-order valence-electron chi connectivity index (χ1n) is 6.33. The summed E-state index contributed by atoms with van der Waals surface area (Å²) < 4.78 is 5.19. The number of piperidine rings is 1. The van der Waals surface area contributed by atoms with Crippen molar-refractivity contribution in [2.75, 3.05) is 13.1 Å². The fraction of sp³-hybridized carbons (Fsp3) is 0.750. The minimum Gasteiger partial charge on any atom is -0.342 e. The molecule has 0 N–H and O–H groups in total. The molecule has 1 aromatic heterocycles. The minimum absolute atomic E-state index is 0.331. The molecule has 3 rings (SSSR count). The van der Waals surface area contributed by atoms with Crippen molar-refractivity contribution in [2.24, 2.45) is 5.92 Å². The molecule has 0 bridgehead atoms. The molecule has 92 valence electrons. The van der Waals surface area contributed by atoms with Gasteiger partial charge in [-0.1, -0.05) is 5.16 Å². The van der Waals surface area contributed by atoms with Crippen LogP contribution in [0.1, 0.15) is 43.3 Å². The van der Waals surface area contributed by atoms with Gasteiger partial charge in [-0.05, 0) is 32.6 Å². The van der Waals surface area contributed by atoms with Crippen LogP contribution in [0.15, 0.2) is 4.52 Å². The Balaban J connectivity index is 1.58. The number of hydrogen-bond acceptors (Lipinski definition) is 4. The van der Waals surface area contributed by atoms with Gasteiger partial charge in [0.15, 0.2) is 5.82 Å². The molecule has 1 saturated carbocycles. The van der Waals surface area contributed by atoms with Crippen molar-refractivity contribution in [1.82, 2.24) is 15.0 Å². The predicted molar refractivity (Wildman–Crippen MR) is 60.3 cm³/mol. The van der Waals surface area contributed by atoms with Gasteiger partial charge in [-0.25, -0.2) is 0 Å². The van der Waals surface area contributed by atoms with Crippen LogP contribution in [0.4, 0.5) is 0 Å². The number of hydrogen-bond donors (Lipinski definition) is 0. The van der Waals surface area contributed by atoms with E-state index >= 15 is 0 Å². The van der Waals surface area contributed by atoms with Gasteiger partial charge in [0.25, 0.3) is 0 Å². The lowest BCUT2D eigenvalue weighted by Gasteiger charge is -2.30. The Morgan fingerprint density at radius 2 is 2.00 bits per heavy atom. The third-order valence-corrected chi connectivity index (χ3v) is 3.63. The van der Waals surface area contributed by atoms with E-state index < -0.39 is 0 Å². The molecule has 1 aromatic rings. The lowest BCUT2D eigenvalue weighted by Crippen LogP contribution is -2.38. The highest BCUT2D eigenvalue weighted by Gasteiger charge is 2.35. The van der Waals surface area contributed by atoms with E-state index in [1.54, 1.807) is 0 Å². The first kappa shape index (κ1) is 10.7. The van der Waals surface area contributed by atoms with E-state index in [1.165, 1.54) is 0 Å². The zero-order valence-electron chi connectivity index (χ0n) is 10.1. The lowest BCUT2D eigenvalue weighted by atomic mass is 9.96. The summed E-state index contributed by atoms with van der Waals surface area (Å²) in [6.45, 7) is 3.50. The molecule has 0 radical (unpaired) electrons. The van der Waals surface area contributed by atoms with E-state index in [2.05, 4.69) is 10.1 Å². The van der Waals surface area contributed by atoms with Crippen molar-refractivity contribution in [2.45, 2.75) is 38.5 Å². The van der Waals surface area contributed by atoms with Gasteiger partial charge in [0, 0.05) is 24.9 Å². The summed E-state index contributed by atoms with van der Waals surface area (Å²) in [5.41, 5.74) is 0. The van der Waals surface area contributed by atoms with E-state index in [9.17, 15) is 4.79 Å². The van der Waals surface area contributed by atoms with E-state index in [0.717, 1.165) is 44.7 Å². The standard InChI is InChI=1S/C12H17N3O2/c1-8-13-11(17-14-8)9-4-6-15(7-5-9)12(16)10-2-3-10/h9-10H,2-7H2,1H3. The second-order valence-electron chi connectivity index (χ2n) is 5.05. The van der Waals surface area contributed by atoms with Crippen LogP contribution in [0.5, 0.6) is 0 Å². The van der Waals surface area contributed by atoms with E-state index in [1.807, 2.05) is 11.8 Å².